The van der Waals surface area contributed by atoms with E-state index < -0.39 is 0 Å². The molecular formula is C27H32O2. The van der Waals surface area contributed by atoms with Crippen molar-refractivity contribution in [1.29, 1.82) is 0 Å². The van der Waals surface area contributed by atoms with Crippen molar-refractivity contribution in [2.24, 2.45) is 0 Å². The fourth-order valence-electron chi connectivity index (χ4n) is 3.52. The van der Waals surface area contributed by atoms with E-state index in [1.807, 2.05) is 12.1 Å². The number of aryl methyl sites for hydroxylation is 1. The van der Waals surface area contributed by atoms with Gasteiger partial charge in [-0.15, -0.1) is 0 Å². The third kappa shape index (κ3) is 5.20. The maximum absolute atomic E-state index is 6.16. The second-order valence-corrected chi connectivity index (χ2v) is 7.39. The van der Waals surface area contributed by atoms with Crippen LogP contribution < -0.4 is 9.47 Å². The van der Waals surface area contributed by atoms with E-state index in [0.29, 0.717) is 0 Å². The summed E-state index contributed by atoms with van der Waals surface area (Å²) in [4.78, 5) is 0. The summed E-state index contributed by atoms with van der Waals surface area (Å²) >= 11 is 0. The minimum absolute atomic E-state index is 0.741. The minimum Gasteiger partial charge on any atom is -0.493 e. The summed E-state index contributed by atoms with van der Waals surface area (Å²) in [5.74, 6) is 1.89. The van der Waals surface area contributed by atoms with Crippen molar-refractivity contribution < 1.29 is 9.47 Å². The van der Waals surface area contributed by atoms with E-state index in [-0.39, 0.29) is 0 Å². The fraction of sp³-hybridized carbons (Fsp3) is 0.333. The van der Waals surface area contributed by atoms with Crippen molar-refractivity contribution in [3.63, 3.8) is 0 Å². The van der Waals surface area contributed by atoms with Gasteiger partial charge >= 0.3 is 0 Å². The van der Waals surface area contributed by atoms with Gasteiger partial charge in [0.2, 0.25) is 0 Å². The molecule has 0 saturated carbocycles. The molecule has 0 unspecified atom stereocenters. The average molecular weight is 389 g/mol. The molecule has 0 radical (unpaired) electrons. The molecule has 0 saturated heterocycles. The van der Waals surface area contributed by atoms with Crippen LogP contribution in [-0.2, 0) is 0 Å². The van der Waals surface area contributed by atoms with Crippen LogP contribution >= 0.6 is 0 Å². The lowest BCUT2D eigenvalue weighted by Gasteiger charge is -2.19. The lowest BCUT2D eigenvalue weighted by Crippen LogP contribution is -2.01. The predicted octanol–water partition coefficient (Wildman–Crippen LogP) is 7.69. The number of para-hydroxylation sites is 2. The Hall–Kier alpha value is -2.74. The molecule has 0 heterocycles. The summed E-state index contributed by atoms with van der Waals surface area (Å²) in [5.41, 5.74) is 5.90. The Morgan fingerprint density at radius 2 is 1.10 bits per heavy atom. The lowest BCUT2D eigenvalue weighted by molar-refractivity contribution is 0.310. The SMILES string of the molecule is CCCCOc1ccccc1-c1cccc(C)c1-c1ccccc1OCCCC. The molecule has 0 bridgehead atoms. The number of ether oxygens (including phenoxy) is 2. The van der Waals surface area contributed by atoms with Gasteiger partial charge in [-0.2, -0.15) is 0 Å². The fourth-order valence-corrected chi connectivity index (χ4v) is 3.52. The van der Waals surface area contributed by atoms with Gasteiger partial charge in [-0.3, -0.25) is 0 Å². The summed E-state index contributed by atoms with van der Waals surface area (Å²) in [7, 11) is 0. The van der Waals surface area contributed by atoms with Crippen LogP contribution in [0.2, 0.25) is 0 Å². The Labute approximate surface area is 175 Å². The highest BCUT2D eigenvalue weighted by Crippen LogP contribution is 2.42. The van der Waals surface area contributed by atoms with Gasteiger partial charge in [0, 0.05) is 11.1 Å². The van der Waals surface area contributed by atoms with Crippen molar-refractivity contribution in [1.82, 2.24) is 0 Å². The monoisotopic (exact) mass is 388 g/mol. The summed E-state index contributed by atoms with van der Waals surface area (Å²) in [6.07, 6.45) is 4.37. The third-order valence-electron chi connectivity index (χ3n) is 5.12. The average Bonchev–Trinajstić information content (AvgIpc) is 2.75. The predicted molar refractivity (Wildman–Crippen MR) is 123 cm³/mol. The standard InChI is InChI=1S/C27H32O2/c1-4-6-19-28-25-17-10-8-14-22(25)23-16-12-13-21(3)27(23)24-15-9-11-18-26(24)29-20-7-5-2/h8-18H,4-7,19-20H2,1-3H3. The van der Waals surface area contributed by atoms with Crippen molar-refractivity contribution >= 4 is 0 Å². The van der Waals surface area contributed by atoms with E-state index >= 15 is 0 Å². The molecule has 3 aromatic carbocycles. The third-order valence-corrected chi connectivity index (χ3v) is 5.12. The summed E-state index contributed by atoms with van der Waals surface area (Å²) in [5, 5.41) is 0. The van der Waals surface area contributed by atoms with Gasteiger partial charge in [-0.05, 0) is 48.6 Å². The largest absolute Gasteiger partial charge is 0.493 e. The van der Waals surface area contributed by atoms with Gasteiger partial charge in [0.1, 0.15) is 11.5 Å². The van der Waals surface area contributed by atoms with Crippen LogP contribution in [0.15, 0.2) is 66.7 Å². The summed E-state index contributed by atoms with van der Waals surface area (Å²) in [6.45, 7) is 8.02. The summed E-state index contributed by atoms with van der Waals surface area (Å²) < 4.78 is 12.3. The zero-order chi connectivity index (χ0) is 20.5. The lowest BCUT2D eigenvalue weighted by atomic mass is 9.90. The van der Waals surface area contributed by atoms with E-state index in [1.54, 1.807) is 0 Å². The van der Waals surface area contributed by atoms with E-state index in [9.17, 15) is 0 Å². The van der Waals surface area contributed by atoms with Gasteiger partial charge in [0.05, 0.1) is 13.2 Å². The highest BCUT2D eigenvalue weighted by Gasteiger charge is 2.16. The molecule has 29 heavy (non-hydrogen) atoms. The normalized spacial score (nSPS) is 10.7. The molecule has 0 aliphatic carbocycles. The first-order valence-corrected chi connectivity index (χ1v) is 10.8. The van der Waals surface area contributed by atoms with Gasteiger partial charge in [0.25, 0.3) is 0 Å². The number of unbranched alkanes of at least 4 members (excludes halogenated alkanes) is 2. The molecule has 2 nitrogen and oxygen atoms in total. The van der Waals surface area contributed by atoms with Crippen LogP contribution in [0.5, 0.6) is 11.5 Å². The Morgan fingerprint density at radius 1 is 0.586 bits per heavy atom. The molecule has 0 spiro atoms. The van der Waals surface area contributed by atoms with Crippen LogP contribution in [0.25, 0.3) is 22.3 Å². The second-order valence-electron chi connectivity index (χ2n) is 7.39. The number of hydrogen-bond donors (Lipinski definition) is 0. The highest BCUT2D eigenvalue weighted by atomic mass is 16.5. The molecule has 0 fully saturated rings. The zero-order valence-electron chi connectivity index (χ0n) is 17.9. The van der Waals surface area contributed by atoms with Crippen molar-refractivity contribution in [3.05, 3.63) is 72.3 Å². The van der Waals surface area contributed by atoms with Gasteiger partial charge in [-0.1, -0.05) is 81.3 Å². The first-order valence-electron chi connectivity index (χ1n) is 10.8. The molecule has 0 N–H and O–H groups in total. The molecular weight excluding hydrogens is 356 g/mol. The van der Waals surface area contributed by atoms with E-state index in [0.717, 1.165) is 61.5 Å². The quantitative estimate of drug-likeness (QED) is 0.331. The van der Waals surface area contributed by atoms with Crippen LogP contribution in [0, 0.1) is 6.92 Å². The minimum atomic E-state index is 0.741. The van der Waals surface area contributed by atoms with Crippen molar-refractivity contribution in [2.75, 3.05) is 13.2 Å². The van der Waals surface area contributed by atoms with Gasteiger partial charge in [0.15, 0.2) is 0 Å². The van der Waals surface area contributed by atoms with E-state index in [4.69, 9.17) is 9.47 Å². The first kappa shape index (κ1) is 21.0. The zero-order valence-corrected chi connectivity index (χ0v) is 17.9. The van der Waals surface area contributed by atoms with E-state index in [2.05, 4.69) is 75.4 Å². The molecule has 0 aliphatic rings. The maximum Gasteiger partial charge on any atom is 0.127 e. The number of hydrogen-bond acceptors (Lipinski definition) is 2. The second kappa shape index (κ2) is 10.7. The van der Waals surface area contributed by atoms with Crippen LogP contribution in [0.1, 0.15) is 45.1 Å². The molecule has 0 atom stereocenters. The van der Waals surface area contributed by atoms with Crippen LogP contribution in [0.4, 0.5) is 0 Å². The van der Waals surface area contributed by atoms with Crippen molar-refractivity contribution in [3.8, 4) is 33.8 Å². The Bertz CT molecular complexity index is 914. The molecule has 3 aromatic rings. The molecule has 3 rings (SSSR count). The van der Waals surface area contributed by atoms with Gasteiger partial charge in [-0.25, -0.2) is 0 Å². The molecule has 0 aromatic heterocycles. The van der Waals surface area contributed by atoms with Crippen LogP contribution in [-0.4, -0.2) is 13.2 Å². The maximum atomic E-state index is 6.16. The Kier molecular flexibility index (Phi) is 7.75. The molecule has 0 amide bonds. The highest BCUT2D eigenvalue weighted by molar-refractivity contribution is 5.90. The van der Waals surface area contributed by atoms with Crippen LogP contribution in [0.3, 0.4) is 0 Å². The molecule has 0 aliphatic heterocycles. The molecule has 152 valence electrons. The van der Waals surface area contributed by atoms with Gasteiger partial charge < -0.3 is 9.47 Å². The molecule has 2 heteroatoms. The first-order chi connectivity index (χ1) is 14.3. The Morgan fingerprint density at radius 3 is 1.72 bits per heavy atom. The van der Waals surface area contributed by atoms with Crippen molar-refractivity contribution in [2.45, 2.75) is 46.5 Å². The van der Waals surface area contributed by atoms with E-state index in [1.165, 1.54) is 16.7 Å². The summed E-state index contributed by atoms with van der Waals surface area (Å²) in [6, 6.07) is 23.2. The number of benzene rings is 3. The Balaban J connectivity index is 2.07. The topological polar surface area (TPSA) is 18.5 Å². The smallest absolute Gasteiger partial charge is 0.127 e. The number of rotatable bonds is 10.